The Balaban J connectivity index is 2.66. The molecule has 0 amide bonds. The lowest BCUT2D eigenvalue weighted by atomic mass is 10.2. The molecule has 0 aromatic rings. The van der Waals surface area contributed by atoms with Gasteiger partial charge in [0.25, 0.3) is 10.2 Å². The SMILES string of the molecule is CNS(=O)(=O)N(CC1CCCN1)C(C)C. The first-order chi connectivity index (χ1) is 6.97. The third kappa shape index (κ3) is 3.41. The maximum absolute atomic E-state index is 11.7. The summed E-state index contributed by atoms with van der Waals surface area (Å²) >= 11 is 0. The van der Waals surface area contributed by atoms with Gasteiger partial charge in [-0.1, -0.05) is 0 Å². The lowest BCUT2D eigenvalue weighted by molar-refractivity contribution is 0.319. The van der Waals surface area contributed by atoms with Gasteiger partial charge >= 0.3 is 0 Å². The quantitative estimate of drug-likeness (QED) is 0.700. The molecule has 6 heteroatoms. The topological polar surface area (TPSA) is 61.4 Å². The van der Waals surface area contributed by atoms with E-state index in [1.54, 1.807) is 0 Å². The van der Waals surface area contributed by atoms with Gasteiger partial charge in [-0.15, -0.1) is 0 Å². The van der Waals surface area contributed by atoms with Crippen molar-refractivity contribution in [2.75, 3.05) is 20.1 Å². The summed E-state index contributed by atoms with van der Waals surface area (Å²) in [5.74, 6) is 0. The zero-order valence-corrected chi connectivity index (χ0v) is 10.5. The first-order valence-corrected chi connectivity index (χ1v) is 6.85. The van der Waals surface area contributed by atoms with Gasteiger partial charge in [0.15, 0.2) is 0 Å². The number of rotatable bonds is 5. The van der Waals surface area contributed by atoms with Crippen molar-refractivity contribution in [3.63, 3.8) is 0 Å². The van der Waals surface area contributed by atoms with Crippen LogP contribution in [0.1, 0.15) is 26.7 Å². The van der Waals surface area contributed by atoms with E-state index in [-0.39, 0.29) is 6.04 Å². The van der Waals surface area contributed by atoms with Gasteiger partial charge in [-0.3, -0.25) is 0 Å². The minimum absolute atomic E-state index is 0.00940. The van der Waals surface area contributed by atoms with E-state index in [2.05, 4.69) is 10.0 Å². The van der Waals surface area contributed by atoms with E-state index in [0.717, 1.165) is 19.4 Å². The Morgan fingerprint density at radius 1 is 1.53 bits per heavy atom. The van der Waals surface area contributed by atoms with Crippen LogP contribution in [0.15, 0.2) is 0 Å². The Bertz CT molecular complexity index is 284. The zero-order chi connectivity index (χ0) is 11.5. The highest BCUT2D eigenvalue weighted by Gasteiger charge is 2.27. The van der Waals surface area contributed by atoms with Gasteiger partial charge in [0.1, 0.15) is 0 Å². The van der Waals surface area contributed by atoms with Crippen molar-refractivity contribution in [3.05, 3.63) is 0 Å². The summed E-state index contributed by atoms with van der Waals surface area (Å²) in [6, 6.07) is 0.292. The first-order valence-electron chi connectivity index (χ1n) is 5.41. The van der Waals surface area contributed by atoms with Crippen molar-refractivity contribution in [1.29, 1.82) is 0 Å². The van der Waals surface area contributed by atoms with Crippen LogP contribution in [0, 0.1) is 0 Å². The Morgan fingerprint density at radius 2 is 2.20 bits per heavy atom. The number of hydrogen-bond donors (Lipinski definition) is 2. The van der Waals surface area contributed by atoms with Crippen molar-refractivity contribution in [1.82, 2.24) is 14.3 Å². The van der Waals surface area contributed by atoms with Crippen LogP contribution in [0.4, 0.5) is 0 Å². The summed E-state index contributed by atoms with van der Waals surface area (Å²) in [6.45, 7) is 5.34. The molecule has 0 aliphatic carbocycles. The summed E-state index contributed by atoms with van der Waals surface area (Å²) in [5.41, 5.74) is 0. The molecule has 1 heterocycles. The second-order valence-corrected chi connectivity index (χ2v) is 5.99. The number of hydrogen-bond acceptors (Lipinski definition) is 3. The molecule has 1 aliphatic rings. The van der Waals surface area contributed by atoms with E-state index in [1.807, 2.05) is 13.8 Å². The Hall–Kier alpha value is -0.170. The van der Waals surface area contributed by atoms with Crippen LogP contribution in [0.5, 0.6) is 0 Å². The van der Waals surface area contributed by atoms with Crippen LogP contribution in [-0.2, 0) is 10.2 Å². The second-order valence-electron chi connectivity index (χ2n) is 4.17. The van der Waals surface area contributed by atoms with Crippen molar-refractivity contribution >= 4 is 10.2 Å². The fourth-order valence-electron chi connectivity index (χ4n) is 1.83. The van der Waals surface area contributed by atoms with E-state index in [1.165, 1.54) is 11.4 Å². The predicted molar refractivity (Wildman–Crippen MR) is 60.8 cm³/mol. The maximum Gasteiger partial charge on any atom is 0.279 e. The third-order valence-corrected chi connectivity index (χ3v) is 4.41. The van der Waals surface area contributed by atoms with Crippen LogP contribution in [0.3, 0.4) is 0 Å². The van der Waals surface area contributed by atoms with Crippen LogP contribution < -0.4 is 10.0 Å². The zero-order valence-electron chi connectivity index (χ0n) is 9.66. The molecular formula is C9H21N3O2S. The Morgan fingerprint density at radius 3 is 2.60 bits per heavy atom. The van der Waals surface area contributed by atoms with Gasteiger partial charge in [-0.2, -0.15) is 12.7 Å². The van der Waals surface area contributed by atoms with E-state index < -0.39 is 10.2 Å². The van der Waals surface area contributed by atoms with Gasteiger partial charge in [0.2, 0.25) is 0 Å². The van der Waals surface area contributed by atoms with Gasteiger partial charge in [-0.05, 0) is 33.2 Å². The lowest BCUT2D eigenvalue weighted by Gasteiger charge is -2.27. The normalized spacial score (nSPS) is 22.9. The Kier molecular flexibility index (Phi) is 4.51. The summed E-state index contributed by atoms with van der Waals surface area (Å²) in [6.07, 6.45) is 2.19. The molecule has 1 rings (SSSR count). The third-order valence-electron chi connectivity index (χ3n) is 2.71. The average Bonchev–Trinajstić information content (AvgIpc) is 2.65. The first kappa shape index (κ1) is 12.9. The molecular weight excluding hydrogens is 214 g/mol. The smallest absolute Gasteiger partial charge is 0.279 e. The second kappa shape index (κ2) is 5.25. The highest BCUT2D eigenvalue weighted by Crippen LogP contribution is 2.11. The molecule has 0 aromatic carbocycles. The van der Waals surface area contributed by atoms with E-state index in [4.69, 9.17) is 0 Å². The number of nitrogens with one attached hydrogen (secondary N) is 2. The van der Waals surface area contributed by atoms with Gasteiger partial charge < -0.3 is 5.32 Å². The standard InChI is InChI=1S/C9H21N3O2S/c1-8(2)12(15(13,14)10-3)7-9-5-4-6-11-9/h8-11H,4-7H2,1-3H3. The molecule has 90 valence electrons. The van der Waals surface area contributed by atoms with Crippen LogP contribution >= 0.6 is 0 Å². The van der Waals surface area contributed by atoms with E-state index in [9.17, 15) is 8.42 Å². The van der Waals surface area contributed by atoms with Crippen molar-refractivity contribution in [2.45, 2.75) is 38.8 Å². The molecule has 1 fully saturated rings. The summed E-state index contributed by atoms with van der Waals surface area (Å²) in [4.78, 5) is 0. The van der Waals surface area contributed by atoms with Crippen LogP contribution in [0.2, 0.25) is 0 Å². The van der Waals surface area contributed by atoms with E-state index >= 15 is 0 Å². The van der Waals surface area contributed by atoms with Crippen molar-refractivity contribution < 1.29 is 8.42 Å². The maximum atomic E-state index is 11.7. The van der Waals surface area contributed by atoms with Crippen molar-refractivity contribution in [2.24, 2.45) is 0 Å². The lowest BCUT2D eigenvalue weighted by Crippen LogP contribution is -2.48. The molecule has 1 atom stereocenters. The van der Waals surface area contributed by atoms with Gasteiger partial charge in [0, 0.05) is 25.7 Å². The molecule has 1 unspecified atom stereocenters. The molecule has 15 heavy (non-hydrogen) atoms. The molecule has 1 saturated heterocycles. The average molecular weight is 235 g/mol. The van der Waals surface area contributed by atoms with Crippen LogP contribution in [0.25, 0.3) is 0 Å². The molecule has 1 aliphatic heterocycles. The molecule has 2 N–H and O–H groups in total. The predicted octanol–water partition coefficient (Wildman–Crippen LogP) is -0.0870. The monoisotopic (exact) mass is 235 g/mol. The largest absolute Gasteiger partial charge is 0.313 e. The van der Waals surface area contributed by atoms with Crippen molar-refractivity contribution in [3.8, 4) is 0 Å². The summed E-state index contributed by atoms with van der Waals surface area (Å²) in [7, 11) is -1.85. The number of nitrogens with zero attached hydrogens (tertiary/aromatic N) is 1. The highest BCUT2D eigenvalue weighted by atomic mass is 32.2. The van der Waals surface area contributed by atoms with Crippen LogP contribution in [-0.4, -0.2) is 44.9 Å². The molecule has 5 nitrogen and oxygen atoms in total. The molecule has 0 saturated carbocycles. The molecule has 0 spiro atoms. The fourth-order valence-corrected chi connectivity index (χ4v) is 3.00. The van der Waals surface area contributed by atoms with Gasteiger partial charge in [-0.25, -0.2) is 4.72 Å². The molecule has 0 radical (unpaired) electrons. The highest BCUT2D eigenvalue weighted by molar-refractivity contribution is 7.87. The van der Waals surface area contributed by atoms with E-state index in [0.29, 0.717) is 12.6 Å². The summed E-state index contributed by atoms with van der Waals surface area (Å²) in [5, 5.41) is 3.30. The molecule has 0 bridgehead atoms. The van der Waals surface area contributed by atoms with Gasteiger partial charge in [0.05, 0.1) is 0 Å². The fraction of sp³-hybridized carbons (Fsp3) is 1.00. The minimum atomic E-state index is -3.30. The molecule has 0 aromatic heterocycles. The Labute approximate surface area is 92.4 Å². The minimum Gasteiger partial charge on any atom is -0.313 e. The summed E-state index contributed by atoms with van der Waals surface area (Å²) < 4.78 is 27.3.